The van der Waals surface area contributed by atoms with E-state index in [1.165, 1.54) is 0 Å². The van der Waals surface area contributed by atoms with Gasteiger partial charge in [-0.25, -0.2) is 0 Å². The smallest absolute Gasteiger partial charge is 0 e. The van der Waals surface area contributed by atoms with Crippen molar-refractivity contribution in [2.45, 2.75) is 0 Å². The van der Waals surface area contributed by atoms with E-state index in [-0.39, 0.29) is 58.3 Å². The largest absolute Gasteiger partial charge is 2.00 e. The van der Waals surface area contributed by atoms with Crippen molar-refractivity contribution in [3.63, 3.8) is 0 Å². The van der Waals surface area contributed by atoms with Crippen molar-refractivity contribution in [3.8, 4) is 0 Å². The van der Waals surface area contributed by atoms with E-state index < -0.39 is 0 Å². The normalized spacial score (nSPS) is 0. The van der Waals surface area contributed by atoms with Gasteiger partial charge in [0.15, 0.2) is 0 Å². The fourth-order valence-corrected chi connectivity index (χ4v) is 0. The molecule has 5 N–H and O–H groups in total. The average molecular weight is 172 g/mol. The molecule has 0 rings (SSSR count). The van der Waals surface area contributed by atoms with Crippen molar-refractivity contribution < 1.29 is 45.9 Å². The van der Waals surface area contributed by atoms with Gasteiger partial charge < -0.3 is 27.4 Å². The predicted molar refractivity (Wildman–Crippen MR) is 17.8 cm³/mol. The summed E-state index contributed by atoms with van der Waals surface area (Å²) in [7, 11) is 0. The molecule has 0 aliphatic heterocycles. The fourth-order valence-electron chi connectivity index (χ4n) is 0. The molecule has 0 amide bonds. The summed E-state index contributed by atoms with van der Waals surface area (Å²) in [5.41, 5.74) is 0. The molecule has 0 spiro atoms. The van der Waals surface area contributed by atoms with Crippen LogP contribution in [-0.4, -0.2) is 16.4 Å². The first kappa shape index (κ1) is 752. The van der Waals surface area contributed by atoms with Gasteiger partial charge in [-0.3, -0.25) is 0 Å². The van der Waals surface area contributed by atoms with Crippen LogP contribution in [0.2, 0.25) is 0 Å². The Hall–Kier alpha value is 0.674. The van der Waals surface area contributed by atoms with Gasteiger partial charge >= 0.3 is 0 Å². The van der Waals surface area contributed by atoms with E-state index in [4.69, 9.17) is 0 Å². The molecule has 0 aliphatic rings. The van der Waals surface area contributed by atoms with Gasteiger partial charge in [0, 0.05) is 18.6 Å². The molecule has 0 unspecified atom stereocenters. The van der Waals surface area contributed by atoms with Gasteiger partial charge in [0.25, 0.3) is 0 Å². The summed E-state index contributed by atoms with van der Waals surface area (Å²) in [6.45, 7) is 0. The number of hydrogen-bond donors (Lipinski definition) is 0. The molecule has 7 heteroatoms. The molecule has 0 aromatic rings. The van der Waals surface area contributed by atoms with Crippen LogP contribution in [0.25, 0.3) is 0 Å². The molecular formula is H6ClO5V-5. The summed E-state index contributed by atoms with van der Waals surface area (Å²) in [5, 5.41) is 0. The van der Waals surface area contributed by atoms with Gasteiger partial charge in [-0.1, -0.05) is 0 Å². The molecule has 7 heavy (non-hydrogen) atoms. The number of hydrogen-bond acceptors (Lipinski definition) is 1. The van der Waals surface area contributed by atoms with E-state index in [2.05, 4.69) is 0 Å². The van der Waals surface area contributed by atoms with Gasteiger partial charge in [0.1, 0.15) is 0 Å². The molecule has 0 aromatic carbocycles. The van der Waals surface area contributed by atoms with Crippen molar-refractivity contribution in [2.24, 2.45) is 0 Å². The van der Waals surface area contributed by atoms with Gasteiger partial charge in [-0.15, -0.1) is 12.4 Å². The summed E-state index contributed by atoms with van der Waals surface area (Å²) >= 11 is 0. The molecule has 0 aliphatic carbocycles. The zero-order chi connectivity index (χ0) is 0. The maximum atomic E-state index is 0. The van der Waals surface area contributed by atoms with E-state index in [9.17, 15) is 0 Å². The minimum absolute atomic E-state index is 0. The van der Waals surface area contributed by atoms with Crippen molar-refractivity contribution in [2.75, 3.05) is 0 Å². The third-order valence-electron chi connectivity index (χ3n) is 0. The summed E-state index contributed by atoms with van der Waals surface area (Å²) in [4.78, 5) is 0. The Bertz CT molecular complexity index is 8.04. The van der Waals surface area contributed by atoms with Crippen molar-refractivity contribution in [1.29, 1.82) is 0 Å². The van der Waals surface area contributed by atoms with E-state index in [0.717, 1.165) is 0 Å². The second kappa shape index (κ2) is 472. The zero-order valence-corrected chi connectivity index (χ0v) is 5.33. The van der Waals surface area contributed by atoms with Crippen LogP contribution < -0.4 is 0 Å². The summed E-state index contributed by atoms with van der Waals surface area (Å²) in [6.07, 6.45) is 0. The fraction of sp³-hybridized carbons (Fsp3) is 0. The minimum atomic E-state index is 0. The van der Waals surface area contributed by atoms with Crippen molar-refractivity contribution >= 4 is 12.4 Å². The molecule has 0 fully saturated rings. The maximum Gasteiger partial charge on any atom is 0 e. The number of rotatable bonds is 0. The van der Waals surface area contributed by atoms with Gasteiger partial charge in [-0.05, 0) is 0 Å². The van der Waals surface area contributed by atoms with Crippen molar-refractivity contribution in [1.82, 2.24) is 0 Å². The summed E-state index contributed by atoms with van der Waals surface area (Å²) in [5.74, 6) is 0. The Morgan fingerprint density at radius 2 is 0.714 bits per heavy atom. The van der Waals surface area contributed by atoms with E-state index >= 15 is 0 Å². The van der Waals surface area contributed by atoms with Crippen molar-refractivity contribution in [3.05, 3.63) is 0 Å². The van der Waals surface area contributed by atoms with Gasteiger partial charge in [-0.2, -0.15) is 0 Å². The maximum absolute atomic E-state index is 0. The van der Waals surface area contributed by atoms with Crippen LogP contribution in [0.3, 0.4) is 0 Å². The monoisotopic (exact) mass is 172 g/mol. The van der Waals surface area contributed by atoms with Crippen LogP contribution in [0.1, 0.15) is 0 Å². The molecule has 0 atom stereocenters. The SMILES string of the molecule is Cl.O.O.[O-2].[O-2].[OH-].[V]. The minimum Gasteiger partial charge on any atom is -2.00 e. The van der Waals surface area contributed by atoms with E-state index in [0.29, 0.717) is 0 Å². The first-order chi connectivity index (χ1) is 0. The van der Waals surface area contributed by atoms with Crippen LogP contribution in [0.5, 0.6) is 0 Å². The quantitative estimate of drug-likeness (QED) is 0.423. The number of halogens is 1. The molecular weight excluding hydrogens is 166 g/mol. The Labute approximate surface area is 58.9 Å². The van der Waals surface area contributed by atoms with Crippen LogP contribution in [-0.2, 0) is 29.5 Å². The van der Waals surface area contributed by atoms with Crippen LogP contribution in [0.4, 0.5) is 0 Å². The van der Waals surface area contributed by atoms with Crippen LogP contribution in [0.15, 0.2) is 0 Å². The molecule has 0 heterocycles. The third-order valence-corrected chi connectivity index (χ3v) is 0. The second-order valence-corrected chi connectivity index (χ2v) is 0. The standard InChI is InChI=1S/ClH.3H2O.2O.V/h1H;3*1H2;;;/q;;;;2*-2;/p-1. The molecule has 1 radical (unpaired) electrons. The van der Waals surface area contributed by atoms with E-state index in [1.54, 1.807) is 0 Å². The molecule has 0 saturated carbocycles. The zero-order valence-electron chi connectivity index (χ0n) is 3.12. The van der Waals surface area contributed by atoms with Gasteiger partial charge in [0.2, 0.25) is 0 Å². The van der Waals surface area contributed by atoms with Gasteiger partial charge in [0.05, 0.1) is 0 Å². The first-order valence-corrected chi connectivity index (χ1v) is 0. The third kappa shape index (κ3) is 321. The Morgan fingerprint density at radius 1 is 0.714 bits per heavy atom. The molecule has 0 aromatic heterocycles. The average Bonchev–Trinajstić information content (AvgIpc) is 0. The Kier molecular flexibility index (Phi) is 50700. The predicted octanol–water partition coefficient (Wildman–Crippen LogP) is -1.64. The van der Waals surface area contributed by atoms with E-state index in [1.807, 2.05) is 0 Å². The first-order valence-electron chi connectivity index (χ1n) is 0. The molecule has 0 bridgehead atoms. The Morgan fingerprint density at radius 3 is 0.714 bits per heavy atom. The molecule has 53 valence electrons. The van der Waals surface area contributed by atoms with Crippen LogP contribution >= 0.6 is 12.4 Å². The topological polar surface area (TPSA) is 150 Å². The Balaban J connectivity index is 0. The summed E-state index contributed by atoms with van der Waals surface area (Å²) in [6, 6.07) is 0. The summed E-state index contributed by atoms with van der Waals surface area (Å²) < 4.78 is 0. The molecule has 5 nitrogen and oxygen atoms in total. The molecule has 0 saturated heterocycles. The van der Waals surface area contributed by atoms with Crippen LogP contribution in [0, 0.1) is 0 Å². The second-order valence-electron chi connectivity index (χ2n) is 0.